The molecule has 1 aliphatic rings. The fraction of sp³-hybridized carbons (Fsp3) is 0.244. The number of rotatable bonds is 10. The van der Waals surface area contributed by atoms with Gasteiger partial charge in [-0.15, -0.1) is 0 Å². The Morgan fingerprint density at radius 3 is 1.55 bits per heavy atom. The summed E-state index contributed by atoms with van der Waals surface area (Å²) >= 11 is 0. The van der Waals surface area contributed by atoms with E-state index in [0.29, 0.717) is 18.7 Å². The summed E-state index contributed by atoms with van der Waals surface area (Å²) in [6, 6.07) is 52.8. The van der Waals surface area contributed by atoms with E-state index in [0.717, 1.165) is 16.7 Å². The van der Waals surface area contributed by atoms with Gasteiger partial charge in [0.05, 0.1) is 18.2 Å². The maximum atomic E-state index is 13.6. The third-order valence-corrected chi connectivity index (χ3v) is 15.6. The second kappa shape index (κ2) is 15.1. The first-order valence-electron chi connectivity index (χ1n) is 18.3. The predicted octanol–water partition coefficient (Wildman–Crippen LogP) is 6.61. The standard InChI is InChI=1S/C45H47N3O4Si/c1-34-30-48(43(50)46-42(34)49)41-32-47(45(35-20-10-5-11-21-35,36-22-12-6-13-23-36)37-24-14-7-15-25-37)31-38(52-41)33-51-53(44(2,3)4,39-26-16-8-17-27-39)40-28-18-9-19-29-40/h5-30,38,41H,31-33H2,1-4H3,(H,46,49,50). The van der Waals surface area contributed by atoms with Gasteiger partial charge in [-0.05, 0) is 39.0 Å². The molecule has 5 aromatic carbocycles. The highest BCUT2D eigenvalue weighted by atomic mass is 28.4. The molecule has 2 unspecified atom stereocenters. The number of ether oxygens (including phenoxy) is 1. The monoisotopic (exact) mass is 721 g/mol. The zero-order valence-electron chi connectivity index (χ0n) is 30.8. The lowest BCUT2D eigenvalue weighted by Crippen LogP contribution is -2.67. The maximum absolute atomic E-state index is 13.6. The second-order valence-electron chi connectivity index (χ2n) is 14.9. The highest BCUT2D eigenvalue weighted by Gasteiger charge is 2.52. The van der Waals surface area contributed by atoms with Crippen molar-refractivity contribution in [3.05, 3.63) is 201 Å². The summed E-state index contributed by atoms with van der Waals surface area (Å²) in [6.45, 7) is 9.66. The van der Waals surface area contributed by atoms with Gasteiger partial charge in [0.25, 0.3) is 13.9 Å². The minimum atomic E-state index is -2.94. The number of aromatic nitrogens is 2. The van der Waals surface area contributed by atoms with Crippen molar-refractivity contribution in [3.8, 4) is 0 Å². The van der Waals surface area contributed by atoms with Crippen molar-refractivity contribution >= 4 is 18.7 Å². The van der Waals surface area contributed by atoms with E-state index in [1.807, 2.05) is 30.3 Å². The van der Waals surface area contributed by atoms with Gasteiger partial charge in [-0.25, -0.2) is 4.79 Å². The summed E-state index contributed by atoms with van der Waals surface area (Å²) in [4.78, 5) is 31.1. The molecule has 2 atom stereocenters. The molecular formula is C45H47N3O4Si. The molecule has 7 rings (SSSR count). The van der Waals surface area contributed by atoms with E-state index in [2.05, 4.69) is 152 Å². The average molecular weight is 722 g/mol. The molecular weight excluding hydrogens is 675 g/mol. The fourth-order valence-corrected chi connectivity index (χ4v) is 12.8. The molecule has 8 heteroatoms. The number of nitrogens with zero attached hydrogens (tertiary/aromatic N) is 2. The van der Waals surface area contributed by atoms with Crippen LogP contribution < -0.4 is 21.6 Å². The van der Waals surface area contributed by atoms with E-state index in [9.17, 15) is 9.59 Å². The number of aryl methyl sites for hydroxylation is 1. The first-order chi connectivity index (χ1) is 25.6. The Morgan fingerprint density at radius 1 is 0.679 bits per heavy atom. The van der Waals surface area contributed by atoms with Gasteiger partial charge in [-0.3, -0.25) is 19.2 Å². The molecule has 0 saturated carbocycles. The predicted molar refractivity (Wildman–Crippen MR) is 214 cm³/mol. The zero-order valence-corrected chi connectivity index (χ0v) is 31.8. The van der Waals surface area contributed by atoms with E-state index < -0.39 is 37.4 Å². The molecule has 1 N–H and O–H groups in total. The van der Waals surface area contributed by atoms with Crippen molar-refractivity contribution < 1.29 is 9.16 Å². The van der Waals surface area contributed by atoms with Crippen LogP contribution in [-0.2, 0) is 14.7 Å². The topological polar surface area (TPSA) is 76.6 Å². The van der Waals surface area contributed by atoms with Gasteiger partial charge in [-0.1, -0.05) is 172 Å². The summed E-state index contributed by atoms with van der Waals surface area (Å²) in [5, 5.41) is 2.13. The number of morpholine rings is 1. The van der Waals surface area contributed by atoms with Crippen LogP contribution in [0.5, 0.6) is 0 Å². The smallest absolute Gasteiger partial charge is 0.330 e. The third kappa shape index (κ3) is 6.79. The molecule has 2 heterocycles. The number of hydrogen-bond donors (Lipinski definition) is 1. The number of H-pyrrole nitrogens is 1. The minimum absolute atomic E-state index is 0.238. The Labute approximate surface area is 312 Å². The van der Waals surface area contributed by atoms with Gasteiger partial charge >= 0.3 is 5.69 Å². The number of hydrogen-bond acceptors (Lipinski definition) is 5. The summed E-state index contributed by atoms with van der Waals surface area (Å²) < 4.78 is 16.0. The van der Waals surface area contributed by atoms with Crippen LogP contribution in [-0.4, -0.2) is 48.6 Å². The van der Waals surface area contributed by atoms with Crippen LogP contribution in [0.3, 0.4) is 0 Å². The third-order valence-electron chi connectivity index (χ3n) is 10.6. The Balaban J connectivity index is 1.41. The summed E-state index contributed by atoms with van der Waals surface area (Å²) in [6.07, 6.45) is 0.435. The van der Waals surface area contributed by atoms with Gasteiger partial charge in [0.1, 0.15) is 0 Å². The molecule has 0 radical (unpaired) electrons. The minimum Gasteiger partial charge on any atom is -0.405 e. The van der Waals surface area contributed by atoms with Crippen LogP contribution in [0.2, 0.25) is 5.04 Å². The molecule has 0 spiro atoms. The average Bonchev–Trinajstić information content (AvgIpc) is 3.18. The quantitative estimate of drug-likeness (QED) is 0.127. The highest BCUT2D eigenvalue weighted by molar-refractivity contribution is 6.99. The molecule has 6 aromatic rings. The Kier molecular flexibility index (Phi) is 10.3. The van der Waals surface area contributed by atoms with Crippen LogP contribution in [0.1, 0.15) is 49.3 Å². The van der Waals surface area contributed by atoms with Gasteiger partial charge in [0, 0.05) is 24.8 Å². The van der Waals surface area contributed by atoms with Crippen LogP contribution >= 0.6 is 0 Å². The van der Waals surface area contributed by atoms with Crippen LogP contribution in [0.15, 0.2) is 167 Å². The molecule has 270 valence electrons. The van der Waals surface area contributed by atoms with E-state index in [4.69, 9.17) is 9.16 Å². The van der Waals surface area contributed by atoms with Crippen molar-refractivity contribution in [3.63, 3.8) is 0 Å². The Hall–Kier alpha value is -5.12. The lowest BCUT2D eigenvalue weighted by Gasteiger charge is -2.51. The number of aromatic amines is 1. The van der Waals surface area contributed by atoms with Crippen LogP contribution in [0.25, 0.3) is 0 Å². The molecule has 1 aliphatic heterocycles. The van der Waals surface area contributed by atoms with Gasteiger partial charge in [0.2, 0.25) is 0 Å². The van der Waals surface area contributed by atoms with Gasteiger partial charge in [0.15, 0.2) is 6.23 Å². The van der Waals surface area contributed by atoms with E-state index in [-0.39, 0.29) is 11.6 Å². The van der Waals surface area contributed by atoms with Crippen LogP contribution in [0, 0.1) is 6.92 Å². The number of nitrogens with one attached hydrogen (secondary N) is 1. The first-order valence-corrected chi connectivity index (χ1v) is 20.2. The lowest BCUT2D eigenvalue weighted by molar-refractivity contribution is -0.149. The Bertz CT molecular complexity index is 2090. The molecule has 53 heavy (non-hydrogen) atoms. The van der Waals surface area contributed by atoms with Crippen molar-refractivity contribution in [2.75, 3.05) is 19.7 Å². The molecule has 0 aliphatic carbocycles. The molecule has 0 bridgehead atoms. The van der Waals surface area contributed by atoms with E-state index in [1.54, 1.807) is 13.1 Å². The molecule has 7 nitrogen and oxygen atoms in total. The van der Waals surface area contributed by atoms with Crippen molar-refractivity contribution in [1.82, 2.24) is 14.5 Å². The van der Waals surface area contributed by atoms with E-state index >= 15 is 0 Å². The molecule has 0 amide bonds. The maximum Gasteiger partial charge on any atom is 0.330 e. The lowest BCUT2D eigenvalue weighted by atomic mass is 9.75. The normalized spacial score (nSPS) is 17.1. The van der Waals surface area contributed by atoms with Crippen LogP contribution in [0.4, 0.5) is 0 Å². The molecule has 1 aromatic heterocycles. The highest BCUT2D eigenvalue weighted by Crippen LogP contribution is 2.45. The van der Waals surface area contributed by atoms with Crippen molar-refractivity contribution in [2.45, 2.75) is 50.6 Å². The van der Waals surface area contributed by atoms with Crippen molar-refractivity contribution in [1.29, 1.82) is 0 Å². The second-order valence-corrected chi connectivity index (χ2v) is 19.2. The van der Waals surface area contributed by atoms with Crippen molar-refractivity contribution in [2.24, 2.45) is 0 Å². The zero-order chi connectivity index (χ0) is 37.1. The fourth-order valence-electron chi connectivity index (χ4n) is 8.20. The molecule has 1 fully saturated rings. The summed E-state index contributed by atoms with van der Waals surface area (Å²) in [5.41, 5.74) is 2.04. The molecule has 1 saturated heterocycles. The first kappa shape index (κ1) is 36.2. The SMILES string of the molecule is Cc1cn(C2CN(C(c3ccccc3)(c3ccccc3)c3ccccc3)CC(CO[Si](c3ccccc3)(c3ccccc3)C(C)(C)C)O2)c(=O)[nH]c1=O. The summed E-state index contributed by atoms with van der Waals surface area (Å²) in [5.74, 6) is 0. The van der Waals surface area contributed by atoms with E-state index in [1.165, 1.54) is 14.9 Å². The Morgan fingerprint density at radius 2 is 1.11 bits per heavy atom. The largest absolute Gasteiger partial charge is 0.405 e. The summed E-state index contributed by atoms with van der Waals surface area (Å²) in [7, 11) is -2.94. The van der Waals surface area contributed by atoms with Gasteiger partial charge < -0.3 is 9.16 Å². The van der Waals surface area contributed by atoms with Gasteiger partial charge in [-0.2, -0.15) is 0 Å². The number of benzene rings is 5.